The van der Waals surface area contributed by atoms with E-state index >= 15 is 0 Å². The summed E-state index contributed by atoms with van der Waals surface area (Å²) in [6, 6.07) is 19.6. The Bertz CT molecular complexity index is 1060. The van der Waals surface area contributed by atoms with Crippen LogP contribution in [-0.4, -0.2) is 61.9 Å². The van der Waals surface area contributed by atoms with Gasteiger partial charge >= 0.3 is 18.9 Å². The molecule has 0 saturated carbocycles. The third-order valence-corrected chi connectivity index (χ3v) is 6.47. The predicted molar refractivity (Wildman–Crippen MR) is 147 cm³/mol. The molecule has 1 atom stereocenters. The van der Waals surface area contributed by atoms with E-state index in [9.17, 15) is 5.11 Å². The van der Waals surface area contributed by atoms with E-state index in [0.29, 0.717) is 5.75 Å². The van der Waals surface area contributed by atoms with E-state index in [1.54, 1.807) is 20.4 Å². The van der Waals surface area contributed by atoms with Crippen LogP contribution in [0.15, 0.2) is 66.9 Å². The third kappa shape index (κ3) is 8.51. The Balaban J connectivity index is 0.000000898. The first-order valence-electron chi connectivity index (χ1n) is 12.8. The Labute approximate surface area is 234 Å². The number of nitrogens with zero attached hydrogens (tertiary/aromatic N) is 3. The summed E-state index contributed by atoms with van der Waals surface area (Å²) in [6.07, 6.45) is 4.10. The van der Waals surface area contributed by atoms with E-state index in [1.165, 1.54) is 6.42 Å². The molecule has 1 aliphatic rings. The summed E-state index contributed by atoms with van der Waals surface area (Å²) >= 11 is 0. The fourth-order valence-electron chi connectivity index (χ4n) is 4.34. The minimum atomic E-state index is -0.766. The number of benzene rings is 2. The molecule has 1 N–H and O–H groups in total. The summed E-state index contributed by atoms with van der Waals surface area (Å²) in [6.45, 7) is 10.5. The molecule has 1 aromatic heterocycles. The zero-order valence-electron chi connectivity index (χ0n) is 22.9. The van der Waals surface area contributed by atoms with Crippen molar-refractivity contribution in [2.45, 2.75) is 32.3 Å². The number of aliphatic hydroxyl groups is 1. The Morgan fingerprint density at radius 3 is 2.14 bits per heavy atom. The number of aliphatic hydroxyl groups excluding tert-OH is 1. The molecule has 1 fully saturated rings. The molecule has 0 radical (unpaired) electrons. The first kappa shape index (κ1) is 30.7. The van der Waals surface area contributed by atoms with Crippen LogP contribution in [0.2, 0.25) is 0 Å². The number of rotatable bonds is 9. The molecule has 1 unspecified atom stereocenters. The third-order valence-electron chi connectivity index (χ3n) is 6.47. The van der Waals surface area contributed by atoms with Crippen molar-refractivity contribution in [2.24, 2.45) is 0 Å². The predicted octanol–water partition coefficient (Wildman–Crippen LogP) is 2.17. The van der Waals surface area contributed by atoms with Gasteiger partial charge in [0.2, 0.25) is 0 Å². The van der Waals surface area contributed by atoms with Gasteiger partial charge in [-0.15, -0.1) is 0 Å². The van der Waals surface area contributed by atoms with Gasteiger partial charge in [-0.1, -0.05) is 49.7 Å². The van der Waals surface area contributed by atoms with Crippen molar-refractivity contribution in [1.29, 1.82) is 0 Å². The number of methoxy groups -OCH3 is 2. The van der Waals surface area contributed by atoms with E-state index in [4.69, 9.17) is 9.47 Å². The monoisotopic (exact) mass is 497 g/mol. The molecule has 0 spiro atoms. The molecule has 3 aromatic rings. The molecule has 37 heavy (non-hydrogen) atoms. The number of hydrogen-bond donors (Lipinski definition) is 1. The Kier molecular flexibility index (Phi) is 13.6. The molecular formula is C30H40LiN3O3. The number of piperazine rings is 1. The second kappa shape index (κ2) is 16.4. The van der Waals surface area contributed by atoms with Crippen LogP contribution in [0.4, 0.5) is 5.69 Å². The van der Waals surface area contributed by atoms with Crippen LogP contribution >= 0.6 is 0 Å². The van der Waals surface area contributed by atoms with Gasteiger partial charge in [0.25, 0.3) is 0 Å². The molecule has 7 heteroatoms. The number of pyridine rings is 1. The fourth-order valence-corrected chi connectivity index (χ4v) is 4.34. The van der Waals surface area contributed by atoms with Crippen molar-refractivity contribution in [1.82, 2.24) is 9.88 Å². The smallest absolute Gasteiger partial charge is 0.496 e. The average molecular weight is 498 g/mol. The number of anilines is 1. The van der Waals surface area contributed by atoms with Gasteiger partial charge in [0.1, 0.15) is 17.6 Å². The van der Waals surface area contributed by atoms with Gasteiger partial charge in [-0.25, -0.2) is 0 Å². The van der Waals surface area contributed by atoms with E-state index in [-0.39, 0.29) is 18.9 Å². The normalized spacial score (nSPS) is 14.1. The van der Waals surface area contributed by atoms with E-state index < -0.39 is 6.10 Å². The first-order valence-corrected chi connectivity index (χ1v) is 12.8. The second-order valence-electron chi connectivity index (χ2n) is 8.79. The first-order chi connectivity index (χ1) is 17.6. The second-order valence-corrected chi connectivity index (χ2v) is 8.79. The quantitative estimate of drug-likeness (QED) is 0.361. The van der Waals surface area contributed by atoms with Crippen LogP contribution in [0.5, 0.6) is 11.5 Å². The summed E-state index contributed by atoms with van der Waals surface area (Å²) in [5, 5.41) is 11.1. The molecule has 194 valence electrons. The molecule has 6 nitrogen and oxygen atoms in total. The van der Waals surface area contributed by atoms with Crippen LogP contribution in [0.25, 0.3) is 0 Å². The zero-order valence-corrected chi connectivity index (χ0v) is 22.9. The van der Waals surface area contributed by atoms with Gasteiger partial charge in [-0.05, 0) is 24.3 Å². The van der Waals surface area contributed by atoms with E-state index in [1.807, 2.05) is 48.5 Å². The van der Waals surface area contributed by atoms with Gasteiger partial charge < -0.3 is 26.4 Å². The summed E-state index contributed by atoms with van der Waals surface area (Å²) in [7, 11) is 3.35. The van der Waals surface area contributed by atoms with Crippen LogP contribution in [-0.2, 0) is 6.42 Å². The zero-order chi connectivity index (χ0) is 25.8. The van der Waals surface area contributed by atoms with Gasteiger partial charge in [0.05, 0.1) is 19.9 Å². The van der Waals surface area contributed by atoms with Crippen molar-refractivity contribution in [2.75, 3.05) is 51.8 Å². The maximum Gasteiger partial charge on any atom is 1.00 e. The maximum absolute atomic E-state index is 11.1. The fraction of sp³-hybridized carbons (Fsp3) is 0.400. The Hall–Kier alpha value is -2.49. The Morgan fingerprint density at radius 2 is 1.49 bits per heavy atom. The molecule has 1 aliphatic heterocycles. The molecule has 1 saturated heterocycles. The van der Waals surface area contributed by atoms with E-state index in [0.717, 1.165) is 73.8 Å². The van der Waals surface area contributed by atoms with Gasteiger partial charge in [0.15, 0.2) is 0 Å². The largest absolute Gasteiger partial charge is 1.00 e. The minimum Gasteiger partial charge on any atom is -0.496 e. The molecular weight excluding hydrogens is 457 g/mol. The van der Waals surface area contributed by atoms with Crippen LogP contribution in [0.3, 0.4) is 0 Å². The number of unbranched alkanes of at least 4 members (excludes halogenated alkanes) is 1. The molecule has 4 rings (SSSR count). The summed E-state index contributed by atoms with van der Waals surface area (Å²) in [4.78, 5) is 9.44. The van der Waals surface area contributed by atoms with Gasteiger partial charge in [-0.2, -0.15) is 6.42 Å². The van der Waals surface area contributed by atoms with Crippen LogP contribution in [0.1, 0.15) is 42.7 Å². The van der Waals surface area contributed by atoms with Crippen LogP contribution < -0.4 is 33.2 Å². The van der Waals surface area contributed by atoms with Crippen molar-refractivity contribution >= 4 is 5.69 Å². The van der Waals surface area contributed by atoms with Crippen molar-refractivity contribution < 1.29 is 33.4 Å². The number of ether oxygens (including phenoxy) is 2. The molecule has 2 aromatic carbocycles. The summed E-state index contributed by atoms with van der Waals surface area (Å²) in [5.74, 6) is 1.60. The van der Waals surface area contributed by atoms with Gasteiger partial charge in [-0.3, -0.25) is 9.88 Å². The summed E-state index contributed by atoms with van der Waals surface area (Å²) in [5.41, 5.74) is 3.68. The van der Waals surface area contributed by atoms with Gasteiger partial charge in [0, 0.05) is 62.2 Å². The number of para-hydroxylation sites is 3. The van der Waals surface area contributed by atoms with E-state index in [2.05, 4.69) is 40.8 Å². The number of aromatic nitrogens is 1. The topological polar surface area (TPSA) is 58.1 Å². The number of hydrogen-bond acceptors (Lipinski definition) is 6. The minimum absolute atomic E-state index is 0. The molecule has 0 bridgehead atoms. The molecule has 0 amide bonds. The SMILES string of the molecule is COc1ccccc1C(O)c1cccnc1CCN1CCN(c2ccccc2OC)CC1.[CH2-]CCC.[Li+]. The van der Waals surface area contributed by atoms with Crippen molar-refractivity contribution in [3.63, 3.8) is 0 Å². The average Bonchev–Trinajstić information content (AvgIpc) is 2.96. The van der Waals surface area contributed by atoms with Crippen LogP contribution in [0, 0.1) is 6.92 Å². The van der Waals surface area contributed by atoms with Crippen molar-refractivity contribution in [3.8, 4) is 11.5 Å². The Morgan fingerprint density at radius 1 is 0.892 bits per heavy atom. The maximum atomic E-state index is 11.1. The molecule has 0 aliphatic carbocycles. The summed E-state index contributed by atoms with van der Waals surface area (Å²) < 4.78 is 11.0. The standard InChI is InChI=1S/C26H31N3O3.C4H9.Li/c1-31-24-11-5-3-8-21(24)26(30)20-9-7-14-27-22(20)13-15-28-16-18-29(19-17-28)23-10-4-6-12-25(23)32-2;1-3-4-2;/h3-12,14,26,30H,13,15-19H2,1-2H3;1,3-4H2,2H3;/q;-1;+1. The van der Waals surface area contributed by atoms with Crippen molar-refractivity contribution in [3.05, 3.63) is 90.6 Å². The molecule has 2 heterocycles.